The number of aromatic nitrogens is 2. The lowest BCUT2D eigenvalue weighted by Crippen LogP contribution is -2.00. The van der Waals surface area contributed by atoms with E-state index in [4.69, 9.17) is 0 Å². The van der Waals surface area contributed by atoms with Gasteiger partial charge in [0.2, 0.25) is 0 Å². The third kappa shape index (κ3) is 1.46. The minimum absolute atomic E-state index is 0.944. The van der Waals surface area contributed by atoms with Crippen LogP contribution in [0.4, 0.5) is 0 Å². The minimum atomic E-state index is 0.944. The molecule has 2 heterocycles. The molecule has 1 aromatic rings. The van der Waals surface area contributed by atoms with E-state index < -0.39 is 0 Å². The van der Waals surface area contributed by atoms with Crippen LogP contribution in [-0.2, 0) is 13.0 Å². The minimum Gasteiger partial charge on any atom is -0.322 e. The van der Waals surface area contributed by atoms with E-state index >= 15 is 0 Å². The van der Waals surface area contributed by atoms with E-state index in [9.17, 15) is 0 Å². The van der Waals surface area contributed by atoms with Gasteiger partial charge in [0, 0.05) is 13.0 Å². The van der Waals surface area contributed by atoms with Crippen LogP contribution in [0.1, 0.15) is 25.1 Å². The van der Waals surface area contributed by atoms with Crippen LogP contribution in [0.5, 0.6) is 0 Å². The molecule has 0 amide bonds. The summed E-state index contributed by atoms with van der Waals surface area (Å²) in [5.74, 6) is 1.21. The first-order valence-corrected chi connectivity index (χ1v) is 5.78. The largest absolute Gasteiger partial charge is 0.322 e. The number of rotatable bonds is 0. The predicted octanol–water partition coefficient (Wildman–Crippen LogP) is 3.13. The van der Waals surface area contributed by atoms with Crippen molar-refractivity contribution in [3.05, 3.63) is 15.0 Å². The van der Waals surface area contributed by atoms with Crippen molar-refractivity contribution >= 4 is 31.9 Å². The molecule has 0 unspecified atom stereocenters. The molecule has 1 aliphatic heterocycles. The van der Waals surface area contributed by atoms with Gasteiger partial charge in [0.25, 0.3) is 0 Å². The first-order valence-electron chi connectivity index (χ1n) is 4.19. The van der Waals surface area contributed by atoms with Crippen molar-refractivity contribution in [1.29, 1.82) is 0 Å². The van der Waals surface area contributed by atoms with Crippen LogP contribution in [0.3, 0.4) is 0 Å². The molecule has 0 N–H and O–H groups in total. The van der Waals surface area contributed by atoms with Gasteiger partial charge in [-0.3, -0.25) is 0 Å². The molecule has 0 aliphatic carbocycles. The Morgan fingerprint density at radius 2 is 2.00 bits per heavy atom. The third-order valence-corrected chi connectivity index (χ3v) is 4.12. The fourth-order valence-corrected chi connectivity index (χ4v) is 2.48. The van der Waals surface area contributed by atoms with Gasteiger partial charge in [0.15, 0.2) is 0 Å². The molecule has 0 aromatic carbocycles. The average Bonchev–Trinajstić information content (AvgIpc) is 2.30. The summed E-state index contributed by atoms with van der Waals surface area (Å²) in [5.41, 5.74) is 0. The highest BCUT2D eigenvalue weighted by Crippen LogP contribution is 2.27. The predicted molar refractivity (Wildman–Crippen MR) is 55.2 cm³/mol. The van der Waals surface area contributed by atoms with E-state index in [0.717, 1.165) is 22.2 Å². The number of imidazole rings is 1. The molecule has 4 heteroatoms. The molecule has 0 bridgehead atoms. The highest BCUT2D eigenvalue weighted by molar-refractivity contribution is 9.13. The lowest BCUT2D eigenvalue weighted by Gasteiger charge is -2.02. The number of aryl methyl sites for hydroxylation is 1. The first kappa shape index (κ1) is 8.75. The molecule has 0 spiro atoms. The Balaban J connectivity index is 2.42. The van der Waals surface area contributed by atoms with Crippen molar-refractivity contribution in [2.75, 3.05) is 0 Å². The van der Waals surface area contributed by atoms with Crippen LogP contribution in [0, 0.1) is 0 Å². The summed E-state index contributed by atoms with van der Waals surface area (Å²) in [5, 5.41) is 0. The third-order valence-electron chi connectivity index (χ3n) is 2.23. The zero-order chi connectivity index (χ0) is 8.55. The van der Waals surface area contributed by atoms with E-state index in [1.165, 1.54) is 25.1 Å². The second-order valence-corrected chi connectivity index (χ2v) is 4.57. The molecule has 66 valence electrons. The van der Waals surface area contributed by atoms with Crippen LogP contribution in [0.25, 0.3) is 0 Å². The van der Waals surface area contributed by atoms with Gasteiger partial charge >= 0.3 is 0 Å². The summed E-state index contributed by atoms with van der Waals surface area (Å²) in [6, 6.07) is 0. The van der Waals surface area contributed by atoms with Gasteiger partial charge in [-0.15, -0.1) is 0 Å². The smallest absolute Gasteiger partial charge is 0.139 e. The van der Waals surface area contributed by atoms with Gasteiger partial charge in [-0.2, -0.15) is 0 Å². The normalized spacial score (nSPS) is 17.2. The summed E-state index contributed by atoms with van der Waals surface area (Å²) in [6.45, 7) is 1.11. The van der Waals surface area contributed by atoms with Gasteiger partial charge in [-0.05, 0) is 44.7 Å². The molecule has 0 fully saturated rings. The van der Waals surface area contributed by atoms with Gasteiger partial charge in [0.1, 0.15) is 15.0 Å². The van der Waals surface area contributed by atoms with Crippen molar-refractivity contribution in [3.63, 3.8) is 0 Å². The molecule has 0 atom stereocenters. The average molecular weight is 294 g/mol. The molecule has 2 rings (SSSR count). The molecular formula is C8H10Br2N2. The highest BCUT2D eigenvalue weighted by atomic mass is 79.9. The highest BCUT2D eigenvalue weighted by Gasteiger charge is 2.14. The first-order chi connectivity index (χ1) is 5.79. The van der Waals surface area contributed by atoms with Crippen molar-refractivity contribution in [2.45, 2.75) is 32.2 Å². The fraction of sp³-hybridized carbons (Fsp3) is 0.625. The lowest BCUT2D eigenvalue weighted by molar-refractivity contribution is 0.626. The van der Waals surface area contributed by atoms with Crippen molar-refractivity contribution in [1.82, 2.24) is 9.55 Å². The number of hydrogen-bond donors (Lipinski definition) is 0. The maximum atomic E-state index is 4.44. The zero-order valence-electron chi connectivity index (χ0n) is 6.69. The second kappa shape index (κ2) is 3.50. The fourth-order valence-electron chi connectivity index (χ4n) is 1.59. The Kier molecular flexibility index (Phi) is 2.55. The molecule has 2 nitrogen and oxygen atoms in total. The van der Waals surface area contributed by atoms with Crippen LogP contribution in [0.2, 0.25) is 0 Å². The van der Waals surface area contributed by atoms with Crippen molar-refractivity contribution in [3.8, 4) is 0 Å². The van der Waals surface area contributed by atoms with Gasteiger partial charge in [-0.1, -0.05) is 6.42 Å². The standard InChI is InChI=1S/C8H10Br2N2/c9-7-8(10)12-5-3-1-2-4-6(12)11-7/h1-5H2. The Bertz CT molecular complexity index is 293. The molecule has 0 saturated heterocycles. The SMILES string of the molecule is Brc1nc2n(c1Br)CCCCC2. The number of halogens is 2. The zero-order valence-corrected chi connectivity index (χ0v) is 9.86. The summed E-state index contributed by atoms with van der Waals surface area (Å²) in [4.78, 5) is 4.44. The van der Waals surface area contributed by atoms with Gasteiger partial charge in [0.05, 0.1) is 0 Å². The Morgan fingerprint density at radius 1 is 1.17 bits per heavy atom. The molecule has 1 aliphatic rings. The monoisotopic (exact) mass is 292 g/mol. The van der Waals surface area contributed by atoms with Crippen LogP contribution in [0.15, 0.2) is 9.21 Å². The molecular weight excluding hydrogens is 284 g/mol. The van der Waals surface area contributed by atoms with Gasteiger partial charge in [-0.25, -0.2) is 4.98 Å². The lowest BCUT2D eigenvalue weighted by atomic mass is 10.2. The van der Waals surface area contributed by atoms with E-state index in [0.29, 0.717) is 0 Å². The van der Waals surface area contributed by atoms with Crippen molar-refractivity contribution < 1.29 is 0 Å². The Morgan fingerprint density at radius 3 is 2.83 bits per heavy atom. The van der Waals surface area contributed by atoms with E-state index in [-0.39, 0.29) is 0 Å². The summed E-state index contributed by atoms with van der Waals surface area (Å²) >= 11 is 6.95. The summed E-state index contributed by atoms with van der Waals surface area (Å²) in [6.07, 6.45) is 4.99. The van der Waals surface area contributed by atoms with Crippen LogP contribution in [-0.4, -0.2) is 9.55 Å². The molecule has 0 radical (unpaired) electrons. The molecule has 0 saturated carbocycles. The van der Waals surface area contributed by atoms with E-state index in [2.05, 4.69) is 41.4 Å². The Labute approximate surface area is 88.6 Å². The number of nitrogens with zero attached hydrogens (tertiary/aromatic N) is 2. The quantitative estimate of drug-likeness (QED) is 0.719. The topological polar surface area (TPSA) is 17.8 Å². The van der Waals surface area contributed by atoms with Gasteiger partial charge < -0.3 is 4.57 Å². The van der Waals surface area contributed by atoms with E-state index in [1.807, 2.05) is 0 Å². The maximum absolute atomic E-state index is 4.44. The summed E-state index contributed by atoms with van der Waals surface area (Å²) < 4.78 is 4.30. The van der Waals surface area contributed by atoms with Crippen molar-refractivity contribution in [2.24, 2.45) is 0 Å². The number of hydrogen-bond acceptors (Lipinski definition) is 1. The number of fused-ring (bicyclic) bond motifs is 1. The van der Waals surface area contributed by atoms with E-state index in [1.54, 1.807) is 0 Å². The molecule has 12 heavy (non-hydrogen) atoms. The Hall–Kier alpha value is 0.170. The van der Waals surface area contributed by atoms with Crippen LogP contribution < -0.4 is 0 Å². The molecule has 1 aromatic heterocycles. The maximum Gasteiger partial charge on any atom is 0.139 e. The summed E-state index contributed by atoms with van der Waals surface area (Å²) in [7, 11) is 0. The van der Waals surface area contributed by atoms with Crippen LogP contribution >= 0.6 is 31.9 Å². The second-order valence-electron chi connectivity index (χ2n) is 3.07.